The molecule has 1 aliphatic heterocycles. The van der Waals surface area contributed by atoms with Crippen molar-refractivity contribution >= 4 is 26.8 Å². The third kappa shape index (κ3) is 4.42. The average molecular weight is 394 g/mol. The van der Waals surface area contributed by atoms with Crippen molar-refractivity contribution in [2.24, 2.45) is 5.92 Å². The van der Waals surface area contributed by atoms with Gasteiger partial charge in [0, 0.05) is 42.5 Å². The number of benzene rings is 1. The van der Waals surface area contributed by atoms with Crippen LogP contribution in [0.4, 0.5) is 0 Å². The molecule has 2 atom stereocenters. The van der Waals surface area contributed by atoms with Gasteiger partial charge in [0.2, 0.25) is 10.0 Å². The zero-order valence-corrected chi connectivity index (χ0v) is 16.8. The van der Waals surface area contributed by atoms with Crippen LogP contribution >= 0.6 is 0 Å². The first-order valence-electron chi connectivity index (χ1n) is 8.75. The van der Waals surface area contributed by atoms with E-state index >= 15 is 0 Å². The molecule has 2 aromatic rings. The van der Waals surface area contributed by atoms with E-state index in [4.69, 9.17) is 4.74 Å². The molecule has 3 rings (SSSR count). The molecule has 1 aromatic carbocycles. The Hall–Kier alpha value is -2.10. The largest absolute Gasteiger partial charge is 0.497 e. The molecule has 1 fully saturated rings. The Labute approximate surface area is 159 Å². The van der Waals surface area contributed by atoms with Crippen LogP contribution in [0, 0.1) is 5.92 Å². The maximum Gasteiger partial charge on any atom is 0.268 e. The van der Waals surface area contributed by atoms with E-state index in [0.29, 0.717) is 18.8 Å². The Bertz CT molecular complexity index is 938. The third-order valence-electron chi connectivity index (χ3n) is 4.87. The molecule has 2 N–H and O–H groups in total. The summed E-state index contributed by atoms with van der Waals surface area (Å²) in [6.07, 6.45) is 1.20. The van der Waals surface area contributed by atoms with E-state index in [2.05, 4.69) is 10.3 Å². The molecule has 1 saturated heterocycles. The molecule has 0 aliphatic carbocycles. The maximum absolute atomic E-state index is 12.8. The van der Waals surface area contributed by atoms with Crippen LogP contribution in [0.15, 0.2) is 24.3 Å². The van der Waals surface area contributed by atoms with Gasteiger partial charge in [0.1, 0.15) is 11.4 Å². The summed E-state index contributed by atoms with van der Waals surface area (Å²) in [5, 5.41) is 3.89. The van der Waals surface area contributed by atoms with Crippen molar-refractivity contribution in [1.29, 1.82) is 0 Å². The lowest BCUT2D eigenvalue weighted by atomic mass is 10.0. The third-order valence-corrected chi connectivity index (χ3v) is 6.10. The van der Waals surface area contributed by atoms with Gasteiger partial charge in [0.25, 0.3) is 5.91 Å². The van der Waals surface area contributed by atoms with Gasteiger partial charge in [-0.3, -0.25) is 4.79 Å². The van der Waals surface area contributed by atoms with Crippen molar-refractivity contribution in [1.82, 2.24) is 19.5 Å². The highest BCUT2D eigenvalue weighted by atomic mass is 32.2. The number of ether oxygens (including phenoxy) is 1. The van der Waals surface area contributed by atoms with E-state index in [1.807, 2.05) is 37.2 Å². The van der Waals surface area contributed by atoms with Gasteiger partial charge in [-0.1, -0.05) is 0 Å². The maximum atomic E-state index is 12.8. The van der Waals surface area contributed by atoms with Crippen molar-refractivity contribution in [2.75, 3.05) is 47.1 Å². The molecular weight excluding hydrogens is 368 g/mol. The van der Waals surface area contributed by atoms with Crippen LogP contribution in [0.1, 0.15) is 10.5 Å². The smallest absolute Gasteiger partial charge is 0.268 e. The van der Waals surface area contributed by atoms with E-state index < -0.39 is 10.0 Å². The number of rotatable bonds is 6. The summed E-state index contributed by atoms with van der Waals surface area (Å²) in [5.41, 5.74) is 1.29. The predicted molar refractivity (Wildman–Crippen MR) is 105 cm³/mol. The van der Waals surface area contributed by atoms with Gasteiger partial charge >= 0.3 is 0 Å². The number of hydrogen-bond donors (Lipinski definition) is 2. The molecule has 9 heteroatoms. The minimum absolute atomic E-state index is 0.0307. The van der Waals surface area contributed by atoms with Crippen molar-refractivity contribution in [3.63, 3.8) is 0 Å². The molecule has 0 spiro atoms. The van der Waals surface area contributed by atoms with Crippen molar-refractivity contribution in [3.05, 3.63) is 30.0 Å². The van der Waals surface area contributed by atoms with Crippen LogP contribution in [-0.4, -0.2) is 81.7 Å². The van der Waals surface area contributed by atoms with Gasteiger partial charge < -0.3 is 19.9 Å². The molecule has 0 unspecified atom stereocenters. The molecule has 1 aliphatic rings. The van der Waals surface area contributed by atoms with Gasteiger partial charge in [-0.05, 0) is 38.4 Å². The fourth-order valence-corrected chi connectivity index (χ4v) is 4.42. The van der Waals surface area contributed by atoms with Crippen LogP contribution in [0.25, 0.3) is 10.9 Å². The van der Waals surface area contributed by atoms with Gasteiger partial charge in [-0.25, -0.2) is 8.42 Å². The highest BCUT2D eigenvalue weighted by Crippen LogP contribution is 2.23. The molecule has 0 bridgehead atoms. The van der Waals surface area contributed by atoms with Crippen molar-refractivity contribution < 1.29 is 17.9 Å². The number of aromatic amines is 1. The monoisotopic (exact) mass is 394 g/mol. The number of H-pyrrole nitrogens is 1. The summed E-state index contributed by atoms with van der Waals surface area (Å²) >= 11 is 0. The first kappa shape index (κ1) is 19.7. The van der Waals surface area contributed by atoms with Crippen molar-refractivity contribution in [3.8, 4) is 5.75 Å². The van der Waals surface area contributed by atoms with Gasteiger partial charge in [0.15, 0.2) is 0 Å². The molecule has 27 heavy (non-hydrogen) atoms. The summed E-state index contributed by atoms with van der Waals surface area (Å²) in [7, 11) is 2.18. The lowest BCUT2D eigenvalue weighted by Crippen LogP contribution is -2.43. The Balaban J connectivity index is 1.78. The van der Waals surface area contributed by atoms with E-state index in [1.54, 1.807) is 13.2 Å². The number of carbonyl (C=O) groups is 1. The number of carbonyl (C=O) groups excluding carboxylic acids is 1. The Kier molecular flexibility index (Phi) is 5.45. The number of nitrogens with one attached hydrogen (secondary N) is 2. The number of hydrogen-bond acceptors (Lipinski definition) is 5. The summed E-state index contributed by atoms with van der Waals surface area (Å²) in [5.74, 6) is 0.511. The average Bonchev–Trinajstić information content (AvgIpc) is 3.17. The fourth-order valence-electron chi connectivity index (χ4n) is 3.53. The predicted octanol–water partition coefficient (Wildman–Crippen LogP) is 0.728. The first-order valence-corrected chi connectivity index (χ1v) is 10.6. The zero-order valence-electron chi connectivity index (χ0n) is 16.0. The number of nitrogens with zero attached hydrogens (tertiary/aromatic N) is 2. The molecular formula is C18H26N4O4S. The molecule has 2 heterocycles. The molecule has 148 valence electrons. The number of amides is 1. The topological polar surface area (TPSA) is 94.7 Å². The highest BCUT2D eigenvalue weighted by Gasteiger charge is 2.38. The lowest BCUT2D eigenvalue weighted by Gasteiger charge is -2.22. The summed E-state index contributed by atoms with van der Waals surface area (Å²) in [4.78, 5) is 17.9. The van der Waals surface area contributed by atoms with Crippen LogP contribution in [-0.2, 0) is 10.0 Å². The van der Waals surface area contributed by atoms with E-state index in [-0.39, 0.29) is 24.4 Å². The second-order valence-electron chi connectivity index (χ2n) is 7.32. The molecule has 1 aromatic heterocycles. The van der Waals surface area contributed by atoms with Crippen LogP contribution in [0.5, 0.6) is 5.75 Å². The first-order chi connectivity index (χ1) is 12.7. The van der Waals surface area contributed by atoms with E-state index in [1.165, 1.54) is 10.6 Å². The van der Waals surface area contributed by atoms with Crippen LogP contribution < -0.4 is 10.1 Å². The normalized spacial score (nSPS) is 21.1. The second kappa shape index (κ2) is 7.49. The van der Waals surface area contributed by atoms with Gasteiger partial charge in [-0.15, -0.1) is 0 Å². The zero-order chi connectivity index (χ0) is 19.8. The van der Waals surface area contributed by atoms with E-state index in [9.17, 15) is 13.2 Å². The van der Waals surface area contributed by atoms with Gasteiger partial charge in [0.05, 0.1) is 13.4 Å². The number of methoxy groups -OCH3 is 1. The number of sulfonamides is 1. The minimum atomic E-state index is -3.29. The Morgan fingerprint density at radius 2 is 2.07 bits per heavy atom. The molecule has 0 saturated carbocycles. The molecule has 0 radical (unpaired) electrons. The Morgan fingerprint density at radius 1 is 1.33 bits per heavy atom. The standard InChI is InChI=1S/C18H26N4O4S/c1-21(2)9-13-10-22(27(4,24)25)11-17(13)20-18(23)16-8-12-7-14(26-3)5-6-15(12)19-16/h5-8,13,17,19H,9-11H2,1-4H3,(H,20,23)/t13-,17-/m1/s1. The number of aromatic nitrogens is 1. The van der Waals surface area contributed by atoms with E-state index in [0.717, 1.165) is 16.7 Å². The molecule has 1 amide bonds. The fraction of sp³-hybridized carbons (Fsp3) is 0.500. The summed E-state index contributed by atoms with van der Waals surface area (Å²) in [6, 6.07) is 7.08. The minimum Gasteiger partial charge on any atom is -0.497 e. The van der Waals surface area contributed by atoms with Gasteiger partial charge in [-0.2, -0.15) is 4.31 Å². The van der Waals surface area contributed by atoms with Crippen LogP contribution in [0.3, 0.4) is 0 Å². The number of fused-ring (bicyclic) bond motifs is 1. The second-order valence-corrected chi connectivity index (χ2v) is 9.30. The summed E-state index contributed by atoms with van der Waals surface area (Å²) < 4.78 is 30.5. The van der Waals surface area contributed by atoms with Crippen LogP contribution in [0.2, 0.25) is 0 Å². The highest BCUT2D eigenvalue weighted by molar-refractivity contribution is 7.88. The quantitative estimate of drug-likeness (QED) is 0.753. The van der Waals surface area contributed by atoms with Crippen molar-refractivity contribution in [2.45, 2.75) is 6.04 Å². The Morgan fingerprint density at radius 3 is 2.70 bits per heavy atom. The molecule has 8 nitrogen and oxygen atoms in total. The lowest BCUT2D eigenvalue weighted by molar-refractivity contribution is 0.0923. The SMILES string of the molecule is COc1ccc2[nH]c(C(=O)N[C@@H]3CN(S(C)(=O)=O)C[C@H]3CN(C)C)cc2c1. The summed E-state index contributed by atoms with van der Waals surface area (Å²) in [6.45, 7) is 1.39.